The molecule has 0 atom stereocenters. The van der Waals surface area contributed by atoms with Crippen LogP contribution in [0.15, 0.2) is 42.5 Å². The van der Waals surface area contributed by atoms with Crippen LogP contribution < -0.4 is 11.1 Å². The minimum atomic E-state index is -0.332. The highest BCUT2D eigenvalue weighted by Gasteiger charge is 2.08. The van der Waals surface area contributed by atoms with Gasteiger partial charge >= 0.3 is 0 Å². The van der Waals surface area contributed by atoms with Gasteiger partial charge in [0.15, 0.2) is 0 Å². The molecular weight excluding hydrogens is 346 g/mol. The van der Waals surface area contributed by atoms with Crippen LogP contribution in [0.3, 0.4) is 0 Å². The number of carbonyl (C=O) groups excluding carboxylic acids is 1. The summed E-state index contributed by atoms with van der Waals surface area (Å²) < 4.78 is 13.6. The largest absolute Gasteiger partial charge is 0.399 e. The fourth-order valence-corrected chi connectivity index (χ4v) is 2.08. The van der Waals surface area contributed by atoms with Crippen LogP contribution in [-0.4, -0.2) is 5.91 Å². The maximum absolute atomic E-state index is 12.9. The summed E-state index contributed by atoms with van der Waals surface area (Å²) in [7, 11) is 0. The molecule has 0 spiro atoms. The fourth-order valence-electron chi connectivity index (χ4n) is 1.47. The van der Waals surface area contributed by atoms with Crippen LogP contribution in [-0.2, 0) is 0 Å². The van der Waals surface area contributed by atoms with E-state index in [1.807, 2.05) is 22.6 Å². The molecule has 2 aromatic rings. The second-order valence-corrected chi connectivity index (χ2v) is 4.87. The zero-order valence-corrected chi connectivity index (χ0v) is 11.4. The van der Waals surface area contributed by atoms with Crippen molar-refractivity contribution < 1.29 is 9.18 Å². The summed E-state index contributed by atoms with van der Waals surface area (Å²) in [6, 6.07) is 10.9. The van der Waals surface area contributed by atoms with E-state index < -0.39 is 0 Å². The predicted molar refractivity (Wildman–Crippen MR) is 77.9 cm³/mol. The number of hydrogen-bond acceptors (Lipinski definition) is 2. The van der Waals surface area contributed by atoms with Crippen LogP contribution in [0.2, 0.25) is 0 Å². The molecule has 92 valence electrons. The van der Waals surface area contributed by atoms with Gasteiger partial charge in [-0.1, -0.05) is 6.07 Å². The Morgan fingerprint density at radius 1 is 1.22 bits per heavy atom. The first-order valence-electron chi connectivity index (χ1n) is 5.18. The van der Waals surface area contributed by atoms with Crippen molar-refractivity contribution in [3.05, 3.63) is 57.4 Å². The number of amides is 1. The number of anilines is 2. The Balaban J connectivity index is 2.21. The minimum Gasteiger partial charge on any atom is -0.399 e. The number of rotatable bonds is 2. The maximum atomic E-state index is 12.9. The standard InChI is InChI=1S/C13H10FIN2O/c14-9-4-5-12(11(15)7-9)17-13(18)8-2-1-3-10(16)6-8/h1-7H,16H2,(H,17,18). The zero-order chi connectivity index (χ0) is 13.1. The van der Waals surface area contributed by atoms with E-state index >= 15 is 0 Å². The highest BCUT2D eigenvalue weighted by molar-refractivity contribution is 14.1. The van der Waals surface area contributed by atoms with Crippen molar-refractivity contribution in [2.24, 2.45) is 0 Å². The molecule has 0 fully saturated rings. The molecule has 3 N–H and O–H groups in total. The molecule has 3 nitrogen and oxygen atoms in total. The number of nitrogens with one attached hydrogen (secondary N) is 1. The van der Waals surface area contributed by atoms with Gasteiger partial charge in [0.2, 0.25) is 0 Å². The van der Waals surface area contributed by atoms with Crippen LogP contribution in [0, 0.1) is 9.39 Å². The van der Waals surface area contributed by atoms with E-state index in [0.29, 0.717) is 20.5 Å². The SMILES string of the molecule is Nc1cccc(C(=O)Nc2ccc(F)cc2I)c1. The maximum Gasteiger partial charge on any atom is 0.255 e. The molecule has 0 radical (unpaired) electrons. The van der Waals surface area contributed by atoms with E-state index in [1.165, 1.54) is 18.2 Å². The van der Waals surface area contributed by atoms with Crippen LogP contribution in [0.1, 0.15) is 10.4 Å². The highest BCUT2D eigenvalue weighted by Crippen LogP contribution is 2.20. The third-order valence-electron chi connectivity index (χ3n) is 2.33. The second kappa shape index (κ2) is 5.34. The Labute approximate surface area is 117 Å². The average Bonchev–Trinajstić information content (AvgIpc) is 2.32. The fraction of sp³-hybridized carbons (Fsp3) is 0. The topological polar surface area (TPSA) is 55.1 Å². The molecule has 0 aliphatic rings. The summed E-state index contributed by atoms with van der Waals surface area (Å²) >= 11 is 1.97. The van der Waals surface area contributed by atoms with Crippen molar-refractivity contribution in [3.63, 3.8) is 0 Å². The van der Waals surface area contributed by atoms with Gasteiger partial charge in [0, 0.05) is 14.8 Å². The monoisotopic (exact) mass is 356 g/mol. The predicted octanol–water partition coefficient (Wildman–Crippen LogP) is 3.26. The van der Waals surface area contributed by atoms with Crippen LogP contribution in [0.5, 0.6) is 0 Å². The summed E-state index contributed by atoms with van der Waals surface area (Å²) in [5, 5.41) is 2.71. The Bertz CT molecular complexity index is 601. The van der Waals surface area contributed by atoms with E-state index in [1.54, 1.807) is 24.3 Å². The third-order valence-corrected chi connectivity index (χ3v) is 3.22. The second-order valence-electron chi connectivity index (χ2n) is 3.70. The molecule has 0 saturated carbocycles. The van der Waals surface area contributed by atoms with Gasteiger partial charge in [0.1, 0.15) is 5.82 Å². The molecule has 0 unspecified atom stereocenters. The van der Waals surface area contributed by atoms with E-state index in [2.05, 4.69) is 5.32 Å². The number of nitrogen functional groups attached to an aromatic ring is 1. The van der Waals surface area contributed by atoms with Crippen molar-refractivity contribution in [2.75, 3.05) is 11.1 Å². The van der Waals surface area contributed by atoms with Gasteiger partial charge in [-0.2, -0.15) is 0 Å². The number of benzene rings is 2. The van der Waals surface area contributed by atoms with Crippen molar-refractivity contribution in [3.8, 4) is 0 Å². The lowest BCUT2D eigenvalue weighted by Gasteiger charge is -2.07. The lowest BCUT2D eigenvalue weighted by atomic mass is 10.2. The van der Waals surface area contributed by atoms with Crippen molar-refractivity contribution in [2.45, 2.75) is 0 Å². The molecule has 18 heavy (non-hydrogen) atoms. The summed E-state index contributed by atoms with van der Waals surface area (Å²) in [6.07, 6.45) is 0. The van der Waals surface area contributed by atoms with E-state index in [4.69, 9.17) is 5.73 Å². The normalized spacial score (nSPS) is 10.1. The number of halogens is 2. The van der Waals surface area contributed by atoms with E-state index in [9.17, 15) is 9.18 Å². The van der Waals surface area contributed by atoms with Gasteiger partial charge in [-0.15, -0.1) is 0 Å². The number of hydrogen-bond donors (Lipinski definition) is 2. The molecule has 0 aromatic heterocycles. The Hall–Kier alpha value is -1.63. The van der Waals surface area contributed by atoms with E-state index in [-0.39, 0.29) is 11.7 Å². The molecule has 1 amide bonds. The van der Waals surface area contributed by atoms with Crippen LogP contribution in [0.25, 0.3) is 0 Å². The summed E-state index contributed by atoms with van der Waals surface area (Å²) in [4.78, 5) is 11.9. The van der Waals surface area contributed by atoms with Crippen molar-refractivity contribution >= 4 is 39.9 Å². The molecule has 2 rings (SSSR count). The molecular formula is C13H10FIN2O. The Morgan fingerprint density at radius 2 is 2.00 bits per heavy atom. The number of carbonyl (C=O) groups is 1. The van der Waals surface area contributed by atoms with Crippen molar-refractivity contribution in [1.82, 2.24) is 0 Å². The lowest BCUT2D eigenvalue weighted by Crippen LogP contribution is -2.13. The van der Waals surface area contributed by atoms with Crippen molar-refractivity contribution in [1.29, 1.82) is 0 Å². The minimum absolute atomic E-state index is 0.271. The van der Waals surface area contributed by atoms with Gasteiger partial charge in [-0.3, -0.25) is 4.79 Å². The lowest BCUT2D eigenvalue weighted by molar-refractivity contribution is 0.102. The van der Waals surface area contributed by atoms with E-state index in [0.717, 1.165) is 0 Å². The first kappa shape index (κ1) is 12.8. The summed E-state index contributed by atoms with van der Waals surface area (Å²) in [5.41, 5.74) is 7.17. The molecule has 2 aromatic carbocycles. The molecule has 0 heterocycles. The third kappa shape index (κ3) is 2.98. The Kier molecular flexibility index (Phi) is 3.81. The molecule has 0 aliphatic carbocycles. The quantitative estimate of drug-likeness (QED) is 0.641. The molecule has 0 aliphatic heterocycles. The first-order chi connectivity index (χ1) is 8.56. The van der Waals surface area contributed by atoms with Crippen LogP contribution in [0.4, 0.5) is 15.8 Å². The van der Waals surface area contributed by atoms with Gasteiger partial charge in [0.25, 0.3) is 5.91 Å². The number of nitrogens with two attached hydrogens (primary N) is 1. The zero-order valence-electron chi connectivity index (χ0n) is 9.28. The van der Waals surface area contributed by atoms with Gasteiger partial charge < -0.3 is 11.1 Å². The summed E-state index contributed by atoms with van der Waals surface area (Å²) in [5.74, 6) is -0.604. The van der Waals surface area contributed by atoms with Gasteiger partial charge in [-0.25, -0.2) is 4.39 Å². The molecule has 0 saturated heterocycles. The Morgan fingerprint density at radius 3 is 2.67 bits per heavy atom. The highest BCUT2D eigenvalue weighted by atomic mass is 127. The summed E-state index contributed by atoms with van der Waals surface area (Å²) in [6.45, 7) is 0. The first-order valence-corrected chi connectivity index (χ1v) is 6.26. The van der Waals surface area contributed by atoms with Gasteiger partial charge in [0.05, 0.1) is 5.69 Å². The smallest absolute Gasteiger partial charge is 0.255 e. The van der Waals surface area contributed by atoms with Gasteiger partial charge in [-0.05, 0) is 59.0 Å². The average molecular weight is 356 g/mol. The van der Waals surface area contributed by atoms with Crippen LogP contribution >= 0.6 is 22.6 Å². The molecule has 0 bridgehead atoms. The molecule has 5 heteroatoms.